The molecule has 0 heterocycles. The van der Waals surface area contributed by atoms with Gasteiger partial charge in [-0.05, 0) is 35.9 Å². The van der Waals surface area contributed by atoms with Crippen LogP contribution in [0, 0.1) is 5.82 Å². The lowest BCUT2D eigenvalue weighted by molar-refractivity contribution is -0.137. The second-order valence-electron chi connectivity index (χ2n) is 5.38. The van der Waals surface area contributed by atoms with E-state index in [4.69, 9.17) is 0 Å². The molecule has 0 unspecified atom stereocenters. The minimum absolute atomic E-state index is 0.00369. The molecule has 0 saturated carbocycles. The summed E-state index contributed by atoms with van der Waals surface area (Å²) in [5.41, 5.74) is -0.146. The molecular weight excluding hydrogens is 354 g/mol. The van der Waals surface area contributed by atoms with Crippen LogP contribution in [0.25, 0.3) is 0 Å². The normalized spacial score (nSPS) is 11.0. The van der Waals surface area contributed by atoms with Gasteiger partial charge in [-0.3, -0.25) is 4.79 Å². The van der Waals surface area contributed by atoms with E-state index >= 15 is 0 Å². The lowest BCUT2D eigenvalue weighted by Gasteiger charge is -2.11. The summed E-state index contributed by atoms with van der Waals surface area (Å²) < 4.78 is 51.0. The van der Waals surface area contributed by atoms with E-state index in [1.165, 1.54) is 31.2 Å². The molecule has 138 valence electrons. The van der Waals surface area contributed by atoms with E-state index in [1.54, 1.807) is 0 Å². The first kappa shape index (κ1) is 19.2. The maximum atomic E-state index is 13.5. The second-order valence-corrected chi connectivity index (χ2v) is 5.38. The van der Waals surface area contributed by atoms with Gasteiger partial charge in [0, 0.05) is 19.2 Å². The van der Waals surface area contributed by atoms with Crippen LogP contribution in [-0.2, 0) is 17.5 Å². The average molecular weight is 369 g/mol. The van der Waals surface area contributed by atoms with Crippen LogP contribution in [0.4, 0.5) is 33.7 Å². The molecular formula is C17H15F4N3O2. The van der Waals surface area contributed by atoms with Crippen LogP contribution in [0.3, 0.4) is 0 Å². The van der Waals surface area contributed by atoms with E-state index in [1.807, 2.05) is 0 Å². The molecule has 26 heavy (non-hydrogen) atoms. The average Bonchev–Trinajstić information content (AvgIpc) is 2.55. The van der Waals surface area contributed by atoms with E-state index in [2.05, 4.69) is 16.0 Å². The van der Waals surface area contributed by atoms with Gasteiger partial charge in [0.05, 0.1) is 11.3 Å². The molecule has 2 aromatic rings. The Bertz CT molecular complexity index is 805. The Morgan fingerprint density at radius 1 is 1.00 bits per heavy atom. The van der Waals surface area contributed by atoms with Crippen LogP contribution >= 0.6 is 0 Å². The Morgan fingerprint density at radius 3 is 2.23 bits per heavy atom. The second kappa shape index (κ2) is 7.85. The van der Waals surface area contributed by atoms with Gasteiger partial charge in [0.2, 0.25) is 5.91 Å². The molecule has 2 rings (SSSR count). The summed E-state index contributed by atoms with van der Waals surface area (Å²) in [6.07, 6.45) is -4.42. The first-order valence-corrected chi connectivity index (χ1v) is 7.43. The van der Waals surface area contributed by atoms with Gasteiger partial charge in [0.1, 0.15) is 5.82 Å². The van der Waals surface area contributed by atoms with Crippen LogP contribution < -0.4 is 16.0 Å². The Labute approximate surface area is 146 Å². The Morgan fingerprint density at radius 2 is 1.65 bits per heavy atom. The molecule has 3 amide bonds. The standard InChI is InChI=1S/C17H15F4N3O2/c1-10(25)23-15-8-13(6-7-14(15)18)24-16(26)22-9-11-2-4-12(5-3-11)17(19,20)21/h2-8H,9H2,1H3,(H,23,25)(H2,22,24,26). The lowest BCUT2D eigenvalue weighted by Crippen LogP contribution is -2.28. The van der Waals surface area contributed by atoms with E-state index < -0.39 is 29.5 Å². The fraction of sp³-hybridized carbons (Fsp3) is 0.176. The van der Waals surface area contributed by atoms with Crippen molar-refractivity contribution >= 4 is 23.3 Å². The van der Waals surface area contributed by atoms with Gasteiger partial charge in [0.15, 0.2) is 0 Å². The third-order valence-electron chi connectivity index (χ3n) is 3.27. The van der Waals surface area contributed by atoms with Crippen molar-refractivity contribution in [3.05, 3.63) is 59.4 Å². The summed E-state index contributed by atoms with van der Waals surface area (Å²) in [6.45, 7) is 1.22. The van der Waals surface area contributed by atoms with Crippen LogP contribution in [-0.4, -0.2) is 11.9 Å². The largest absolute Gasteiger partial charge is 0.416 e. The molecule has 0 aliphatic rings. The van der Waals surface area contributed by atoms with E-state index in [-0.39, 0.29) is 17.9 Å². The zero-order chi connectivity index (χ0) is 19.3. The molecule has 0 bridgehead atoms. The maximum absolute atomic E-state index is 13.5. The van der Waals surface area contributed by atoms with Crippen molar-refractivity contribution in [3.8, 4) is 0 Å². The zero-order valence-corrected chi connectivity index (χ0v) is 13.6. The van der Waals surface area contributed by atoms with Crippen LogP contribution in [0.1, 0.15) is 18.1 Å². The number of hydrogen-bond acceptors (Lipinski definition) is 2. The van der Waals surface area contributed by atoms with Gasteiger partial charge in [-0.25, -0.2) is 9.18 Å². The van der Waals surface area contributed by atoms with Crippen LogP contribution in [0.2, 0.25) is 0 Å². The van der Waals surface area contributed by atoms with Crippen molar-refractivity contribution in [1.29, 1.82) is 0 Å². The number of urea groups is 1. The zero-order valence-electron chi connectivity index (χ0n) is 13.6. The van der Waals surface area contributed by atoms with Gasteiger partial charge in [-0.15, -0.1) is 0 Å². The van der Waals surface area contributed by atoms with Gasteiger partial charge in [-0.1, -0.05) is 12.1 Å². The highest BCUT2D eigenvalue weighted by Crippen LogP contribution is 2.29. The van der Waals surface area contributed by atoms with Gasteiger partial charge < -0.3 is 16.0 Å². The third kappa shape index (κ3) is 5.47. The third-order valence-corrected chi connectivity index (χ3v) is 3.27. The van der Waals surface area contributed by atoms with Crippen molar-refractivity contribution in [1.82, 2.24) is 5.32 Å². The van der Waals surface area contributed by atoms with E-state index in [0.717, 1.165) is 18.2 Å². The summed E-state index contributed by atoms with van der Waals surface area (Å²) in [4.78, 5) is 22.8. The molecule has 3 N–H and O–H groups in total. The number of hydrogen-bond donors (Lipinski definition) is 3. The molecule has 0 fully saturated rings. The first-order chi connectivity index (χ1) is 12.1. The number of benzene rings is 2. The number of carbonyl (C=O) groups excluding carboxylic acids is 2. The summed E-state index contributed by atoms with van der Waals surface area (Å²) in [6, 6.07) is 7.36. The molecule has 0 saturated heterocycles. The Balaban J connectivity index is 1.94. The van der Waals surface area contributed by atoms with Gasteiger partial charge >= 0.3 is 12.2 Å². The predicted molar refractivity (Wildman–Crippen MR) is 88.0 cm³/mol. The summed E-state index contributed by atoms with van der Waals surface area (Å²) in [5.74, 6) is -1.12. The molecule has 5 nitrogen and oxygen atoms in total. The molecule has 0 aliphatic carbocycles. The van der Waals surface area contributed by atoms with Crippen LogP contribution in [0.5, 0.6) is 0 Å². The molecule has 0 aliphatic heterocycles. The summed E-state index contributed by atoms with van der Waals surface area (Å²) in [5, 5.41) is 7.19. The minimum Gasteiger partial charge on any atom is -0.334 e. The minimum atomic E-state index is -4.42. The highest BCUT2D eigenvalue weighted by molar-refractivity contribution is 5.92. The number of alkyl halides is 3. The van der Waals surface area contributed by atoms with E-state index in [9.17, 15) is 27.2 Å². The van der Waals surface area contributed by atoms with Crippen molar-refractivity contribution in [2.24, 2.45) is 0 Å². The molecule has 2 aromatic carbocycles. The lowest BCUT2D eigenvalue weighted by atomic mass is 10.1. The van der Waals surface area contributed by atoms with Crippen molar-refractivity contribution in [2.45, 2.75) is 19.6 Å². The number of amides is 3. The topological polar surface area (TPSA) is 70.2 Å². The smallest absolute Gasteiger partial charge is 0.334 e. The van der Waals surface area contributed by atoms with Crippen molar-refractivity contribution < 1.29 is 27.2 Å². The Kier molecular flexibility index (Phi) is 5.81. The number of anilines is 2. The molecule has 9 heteroatoms. The first-order valence-electron chi connectivity index (χ1n) is 7.43. The number of halogens is 4. The van der Waals surface area contributed by atoms with Crippen molar-refractivity contribution in [2.75, 3.05) is 10.6 Å². The number of carbonyl (C=O) groups is 2. The van der Waals surface area contributed by atoms with Gasteiger partial charge in [-0.2, -0.15) is 13.2 Å². The molecule has 0 radical (unpaired) electrons. The van der Waals surface area contributed by atoms with Crippen molar-refractivity contribution in [3.63, 3.8) is 0 Å². The quantitative estimate of drug-likeness (QED) is 0.710. The fourth-order valence-electron chi connectivity index (χ4n) is 2.06. The molecule has 0 aromatic heterocycles. The maximum Gasteiger partial charge on any atom is 0.416 e. The predicted octanol–water partition coefficient (Wildman–Crippen LogP) is 4.12. The highest BCUT2D eigenvalue weighted by Gasteiger charge is 2.29. The monoisotopic (exact) mass is 369 g/mol. The van der Waals surface area contributed by atoms with E-state index in [0.29, 0.717) is 5.56 Å². The number of nitrogens with one attached hydrogen (secondary N) is 3. The molecule has 0 atom stereocenters. The highest BCUT2D eigenvalue weighted by atomic mass is 19.4. The summed E-state index contributed by atoms with van der Waals surface area (Å²) in [7, 11) is 0. The fourth-order valence-corrected chi connectivity index (χ4v) is 2.06. The van der Waals surface area contributed by atoms with Gasteiger partial charge in [0.25, 0.3) is 0 Å². The summed E-state index contributed by atoms with van der Waals surface area (Å²) >= 11 is 0. The number of rotatable bonds is 4. The Hall–Kier alpha value is -3.10. The molecule has 0 spiro atoms. The van der Waals surface area contributed by atoms with Crippen LogP contribution in [0.15, 0.2) is 42.5 Å². The SMILES string of the molecule is CC(=O)Nc1cc(NC(=O)NCc2ccc(C(F)(F)F)cc2)ccc1F.